The van der Waals surface area contributed by atoms with E-state index >= 15 is 0 Å². The second-order valence-electron chi connectivity index (χ2n) is 9.72. The van der Waals surface area contributed by atoms with Crippen molar-refractivity contribution in [1.82, 2.24) is 30.8 Å². The van der Waals surface area contributed by atoms with Crippen LogP contribution in [-0.4, -0.2) is 110 Å². The highest BCUT2D eigenvalue weighted by Crippen LogP contribution is 1.97. The minimum absolute atomic E-state index is 0. The Hall–Kier alpha value is -7.40. The number of carboxylic acid groups (broad SMARTS) is 4. The average molecular weight is 789 g/mol. The molecule has 4 aromatic rings. The minimum Gasteiger partial charge on any atom is -0.481 e. The molecule has 0 saturated heterocycles. The van der Waals surface area contributed by atoms with Crippen molar-refractivity contribution < 1.29 is 71.1 Å². The average Bonchev–Trinajstić information content (AvgIpc) is 3.13. The van der Waals surface area contributed by atoms with E-state index in [4.69, 9.17) is 20.4 Å². The van der Waals surface area contributed by atoms with E-state index in [1.54, 1.807) is 98.1 Å². The van der Waals surface area contributed by atoms with Gasteiger partial charge in [-0.15, -0.1) is 0 Å². The van der Waals surface area contributed by atoms with Crippen LogP contribution in [0.3, 0.4) is 0 Å². The molecule has 0 spiro atoms. The van der Waals surface area contributed by atoms with Crippen molar-refractivity contribution in [3.05, 3.63) is 120 Å². The van der Waals surface area contributed by atoms with Crippen molar-refractivity contribution in [2.45, 2.75) is 38.5 Å². The molecule has 0 fully saturated rings. The van der Waals surface area contributed by atoms with Gasteiger partial charge in [0.1, 0.15) is 0 Å². The summed E-state index contributed by atoms with van der Waals surface area (Å²) in [4.78, 5) is 77.7. The number of carboxylic acids is 4. The second kappa shape index (κ2) is 34.7. The minimum atomic E-state index is -0.948. The van der Waals surface area contributed by atoms with Gasteiger partial charge in [-0.25, -0.2) is 10.9 Å². The van der Waals surface area contributed by atoms with Crippen molar-refractivity contribution in [2.24, 2.45) is 10.2 Å². The number of carbonyl (C=O) groups excluding carboxylic acids is 2. The van der Waals surface area contributed by atoms with Crippen LogP contribution in [0.15, 0.2) is 108 Å². The topological polar surface area (TPSA) is 410 Å². The third-order valence-electron chi connectivity index (χ3n) is 5.58. The zero-order valence-electron chi connectivity index (χ0n) is 29.6. The number of amides is 2. The lowest BCUT2D eigenvalue weighted by atomic mass is 10.2. The molecule has 0 aromatic carbocycles. The molecule has 56 heavy (non-hydrogen) atoms. The van der Waals surface area contributed by atoms with Gasteiger partial charge in [-0.3, -0.25) is 48.7 Å². The van der Waals surface area contributed by atoms with Gasteiger partial charge in [0.05, 0.1) is 23.6 Å². The summed E-state index contributed by atoms with van der Waals surface area (Å²) in [5.41, 5.74) is 7.51. The molecule has 22 heteroatoms. The third kappa shape index (κ3) is 30.2. The maximum atomic E-state index is 11.6. The van der Waals surface area contributed by atoms with Crippen LogP contribution >= 0.6 is 0 Å². The quantitative estimate of drug-likeness (QED) is 0.0714. The summed E-state index contributed by atoms with van der Waals surface area (Å²) in [6.45, 7) is 0. The monoisotopic (exact) mass is 788 g/mol. The third-order valence-corrected chi connectivity index (χ3v) is 5.58. The lowest BCUT2D eigenvalue weighted by Crippen LogP contribution is -2.17. The summed E-state index contributed by atoms with van der Waals surface area (Å²) in [7, 11) is 0. The molecule has 4 rings (SSSR count). The number of hydrogen-bond acceptors (Lipinski definition) is 12. The number of hydrazone groups is 2. The van der Waals surface area contributed by atoms with Crippen LogP contribution in [0.2, 0.25) is 0 Å². The molecular formula is C34H44N8O14. The number of rotatable bonds is 14. The molecule has 0 bridgehead atoms. The molecule has 304 valence electrons. The van der Waals surface area contributed by atoms with Crippen LogP contribution in [0, 0.1) is 0 Å². The zero-order chi connectivity index (χ0) is 38.4. The number of nitrogens with zero attached hydrogens (tertiary/aromatic N) is 6. The Labute approximate surface area is 319 Å². The molecular weight excluding hydrogens is 744 g/mol. The van der Waals surface area contributed by atoms with E-state index in [9.17, 15) is 28.8 Å². The summed E-state index contributed by atoms with van der Waals surface area (Å²) >= 11 is 0. The molecule has 0 aliphatic carbocycles. The van der Waals surface area contributed by atoms with Crippen LogP contribution < -0.4 is 10.9 Å². The maximum absolute atomic E-state index is 11.6. The van der Waals surface area contributed by atoms with Crippen LogP contribution in [0.1, 0.15) is 70.4 Å². The molecule has 4 heterocycles. The smallest absolute Gasteiger partial charge is 0.303 e. The molecule has 4 aromatic heterocycles. The van der Waals surface area contributed by atoms with Gasteiger partial charge in [-0.2, -0.15) is 10.2 Å². The van der Waals surface area contributed by atoms with Gasteiger partial charge in [0.15, 0.2) is 0 Å². The van der Waals surface area contributed by atoms with Gasteiger partial charge >= 0.3 is 23.9 Å². The molecule has 22 nitrogen and oxygen atoms in total. The van der Waals surface area contributed by atoms with Gasteiger partial charge in [0, 0.05) is 75.3 Å². The Morgan fingerprint density at radius 1 is 0.482 bits per heavy atom. The first-order valence-electron chi connectivity index (χ1n) is 15.1. The van der Waals surface area contributed by atoms with Gasteiger partial charge in [0.2, 0.25) is 0 Å². The Bertz CT molecular complexity index is 1580. The van der Waals surface area contributed by atoms with E-state index in [-0.39, 0.29) is 72.2 Å². The predicted molar refractivity (Wildman–Crippen MR) is 200 cm³/mol. The second-order valence-corrected chi connectivity index (χ2v) is 9.72. The van der Waals surface area contributed by atoms with Crippen LogP contribution in [0.4, 0.5) is 0 Å². The molecule has 0 radical (unpaired) electrons. The van der Waals surface area contributed by atoms with Gasteiger partial charge < -0.3 is 42.3 Å². The van der Waals surface area contributed by atoms with Gasteiger partial charge in [0.25, 0.3) is 11.8 Å². The van der Waals surface area contributed by atoms with Crippen molar-refractivity contribution in [1.29, 1.82) is 0 Å². The highest BCUT2D eigenvalue weighted by molar-refractivity contribution is 5.95. The highest BCUT2D eigenvalue weighted by Gasteiger charge is 2.03. The standard InChI is InChI=1S/2C12H10N4O.2C5H8O4.4H2O/c2*17-12(11-2-1-5-14-9-11)16-15-8-10-3-6-13-7-4-10;2*6-4(7)2-1-3-5(8)9;;;;/h2*1-9H,(H,16,17);2*1-3H2,(H,6,7)(H,8,9);4*1H2/b2*15-8+;;;;;;. The number of nitrogens with one attached hydrogen (secondary N) is 2. The maximum Gasteiger partial charge on any atom is 0.303 e. The number of aliphatic carboxylic acids is 4. The molecule has 2 amide bonds. The van der Waals surface area contributed by atoms with E-state index in [0.29, 0.717) is 11.1 Å². The number of carbonyl (C=O) groups is 6. The lowest BCUT2D eigenvalue weighted by Gasteiger charge is -1.97. The predicted octanol–water partition coefficient (Wildman–Crippen LogP) is -0.166. The first-order chi connectivity index (χ1) is 25.0. The van der Waals surface area contributed by atoms with Crippen molar-refractivity contribution in [2.75, 3.05) is 0 Å². The normalized spacial score (nSPS) is 9.14. The SMILES string of the molecule is O.O.O.O.O=C(N/N=C/c1ccncc1)c1cccnc1.O=C(N/N=C/c1ccncc1)c1cccnc1.O=C(O)CCCC(=O)O.O=C(O)CCCC(=O)O. The Balaban J connectivity index is -0.000000329. The summed E-state index contributed by atoms with van der Waals surface area (Å²) in [5.74, 6) is -4.37. The molecule has 0 aliphatic rings. The Morgan fingerprint density at radius 2 is 0.786 bits per heavy atom. The number of aromatic nitrogens is 4. The fraction of sp³-hybridized carbons (Fsp3) is 0.176. The zero-order valence-corrected chi connectivity index (χ0v) is 29.6. The molecule has 14 N–H and O–H groups in total. The van der Waals surface area contributed by atoms with Gasteiger partial charge in [-0.1, -0.05) is 0 Å². The van der Waals surface area contributed by atoms with E-state index in [1.807, 2.05) is 0 Å². The summed E-state index contributed by atoms with van der Waals surface area (Å²) < 4.78 is 0. The highest BCUT2D eigenvalue weighted by atomic mass is 16.4. The van der Waals surface area contributed by atoms with E-state index < -0.39 is 23.9 Å². The Kier molecular flexibility index (Phi) is 34.3. The lowest BCUT2D eigenvalue weighted by molar-refractivity contribution is -0.140. The van der Waals surface area contributed by atoms with Crippen molar-refractivity contribution in [3.63, 3.8) is 0 Å². The van der Waals surface area contributed by atoms with Crippen molar-refractivity contribution in [3.8, 4) is 0 Å². The summed E-state index contributed by atoms with van der Waals surface area (Å²) in [6.07, 6.45) is 16.1. The largest absolute Gasteiger partial charge is 0.481 e. The fourth-order valence-corrected chi connectivity index (χ4v) is 3.13. The molecule has 0 atom stereocenters. The Morgan fingerprint density at radius 3 is 1.04 bits per heavy atom. The molecule has 0 aliphatic heterocycles. The number of hydrogen-bond donors (Lipinski definition) is 6. The van der Waals surface area contributed by atoms with Gasteiger partial charge in [-0.05, 0) is 72.5 Å². The van der Waals surface area contributed by atoms with E-state index in [2.05, 4.69) is 41.0 Å². The van der Waals surface area contributed by atoms with Crippen molar-refractivity contribution >= 4 is 48.1 Å². The molecule has 0 saturated carbocycles. The van der Waals surface area contributed by atoms with E-state index in [0.717, 1.165) is 11.1 Å². The summed E-state index contributed by atoms with van der Waals surface area (Å²) in [6, 6.07) is 13.9. The first kappa shape index (κ1) is 55.4. The summed E-state index contributed by atoms with van der Waals surface area (Å²) in [5, 5.41) is 39.8. The van der Waals surface area contributed by atoms with E-state index in [1.165, 1.54) is 12.4 Å². The number of pyridine rings is 4. The van der Waals surface area contributed by atoms with Crippen LogP contribution in [0.25, 0.3) is 0 Å². The van der Waals surface area contributed by atoms with Crippen LogP contribution in [-0.2, 0) is 19.2 Å². The van der Waals surface area contributed by atoms with Crippen LogP contribution in [0.5, 0.6) is 0 Å². The fourth-order valence-electron chi connectivity index (χ4n) is 3.13. The first-order valence-corrected chi connectivity index (χ1v) is 15.1. The molecule has 0 unspecified atom stereocenters.